The van der Waals surface area contributed by atoms with E-state index in [-0.39, 0.29) is 17.7 Å². The van der Waals surface area contributed by atoms with Crippen LogP contribution in [-0.4, -0.2) is 15.7 Å². The highest BCUT2D eigenvalue weighted by atomic mass is 16.3. The number of carbonyl (C=O) groups excluding carboxylic acids is 1. The predicted octanol–water partition coefficient (Wildman–Crippen LogP) is 3.09. The van der Waals surface area contributed by atoms with Crippen molar-refractivity contribution in [3.63, 3.8) is 0 Å². The SMILES string of the molecule is CCn1nc(CNC(=O)c2cc(=O)c3ccccc3o2)c2ccccc21. The summed E-state index contributed by atoms with van der Waals surface area (Å²) in [5.41, 5.74) is 1.96. The molecule has 4 aromatic rings. The van der Waals surface area contributed by atoms with Crippen molar-refractivity contribution in [1.82, 2.24) is 15.1 Å². The first-order valence-corrected chi connectivity index (χ1v) is 8.43. The number of para-hydroxylation sites is 2. The van der Waals surface area contributed by atoms with E-state index in [1.54, 1.807) is 24.3 Å². The molecule has 0 spiro atoms. The van der Waals surface area contributed by atoms with Gasteiger partial charge in [-0.3, -0.25) is 14.3 Å². The summed E-state index contributed by atoms with van der Waals surface area (Å²) in [5, 5.41) is 8.79. The van der Waals surface area contributed by atoms with E-state index in [4.69, 9.17) is 4.42 Å². The molecule has 0 radical (unpaired) electrons. The summed E-state index contributed by atoms with van der Waals surface area (Å²) >= 11 is 0. The molecule has 26 heavy (non-hydrogen) atoms. The first-order chi connectivity index (χ1) is 12.7. The van der Waals surface area contributed by atoms with Gasteiger partial charge in [-0.2, -0.15) is 5.10 Å². The number of benzene rings is 2. The Bertz CT molecular complexity index is 1170. The van der Waals surface area contributed by atoms with Crippen molar-refractivity contribution in [3.05, 3.63) is 76.3 Å². The number of nitrogens with zero attached hydrogens (tertiary/aromatic N) is 2. The molecular formula is C20H17N3O3. The van der Waals surface area contributed by atoms with Crippen LogP contribution in [0.1, 0.15) is 23.2 Å². The van der Waals surface area contributed by atoms with Crippen LogP contribution >= 0.6 is 0 Å². The Morgan fingerprint density at radius 2 is 1.85 bits per heavy atom. The van der Waals surface area contributed by atoms with Crippen LogP contribution in [-0.2, 0) is 13.1 Å². The van der Waals surface area contributed by atoms with Gasteiger partial charge in [-0.15, -0.1) is 0 Å². The molecule has 0 atom stereocenters. The summed E-state index contributed by atoms with van der Waals surface area (Å²) in [5.74, 6) is -0.448. The topological polar surface area (TPSA) is 77.1 Å². The average Bonchev–Trinajstić information content (AvgIpc) is 3.04. The summed E-state index contributed by atoms with van der Waals surface area (Å²) in [7, 11) is 0. The number of nitrogens with one attached hydrogen (secondary N) is 1. The van der Waals surface area contributed by atoms with Crippen LogP contribution in [0, 0.1) is 0 Å². The minimum atomic E-state index is -0.442. The number of aryl methyl sites for hydroxylation is 1. The quantitative estimate of drug-likeness (QED) is 0.615. The maximum absolute atomic E-state index is 12.4. The van der Waals surface area contributed by atoms with Gasteiger partial charge in [0.2, 0.25) is 0 Å². The van der Waals surface area contributed by atoms with E-state index in [2.05, 4.69) is 10.4 Å². The molecular weight excluding hydrogens is 330 g/mol. The number of fused-ring (bicyclic) bond motifs is 2. The van der Waals surface area contributed by atoms with Crippen LogP contribution in [0.25, 0.3) is 21.9 Å². The molecule has 0 aliphatic carbocycles. The number of aromatic nitrogens is 2. The molecule has 4 rings (SSSR count). The van der Waals surface area contributed by atoms with Crippen LogP contribution in [0.2, 0.25) is 0 Å². The van der Waals surface area contributed by atoms with Crippen molar-refractivity contribution in [2.24, 2.45) is 0 Å². The normalized spacial score (nSPS) is 11.1. The molecule has 0 aliphatic heterocycles. The molecule has 0 saturated heterocycles. The van der Waals surface area contributed by atoms with Gasteiger partial charge >= 0.3 is 0 Å². The lowest BCUT2D eigenvalue weighted by molar-refractivity contribution is 0.0923. The predicted molar refractivity (Wildman–Crippen MR) is 99.1 cm³/mol. The van der Waals surface area contributed by atoms with E-state index < -0.39 is 5.91 Å². The van der Waals surface area contributed by atoms with E-state index >= 15 is 0 Å². The van der Waals surface area contributed by atoms with Crippen LogP contribution in [0.4, 0.5) is 0 Å². The smallest absolute Gasteiger partial charge is 0.287 e. The minimum Gasteiger partial charge on any atom is -0.451 e. The van der Waals surface area contributed by atoms with Gasteiger partial charge in [0.15, 0.2) is 11.2 Å². The maximum atomic E-state index is 12.4. The first kappa shape index (κ1) is 16.1. The second-order valence-electron chi connectivity index (χ2n) is 5.93. The standard InChI is InChI=1S/C20H17N3O3/c1-2-23-16-9-5-3-7-13(16)15(22-23)12-21-20(25)19-11-17(24)14-8-4-6-10-18(14)26-19/h3-11H,2,12H2,1H3,(H,21,25). The number of hydrogen-bond donors (Lipinski definition) is 1. The largest absolute Gasteiger partial charge is 0.451 e. The van der Waals surface area contributed by atoms with Gasteiger partial charge in [-0.25, -0.2) is 0 Å². The van der Waals surface area contributed by atoms with Gasteiger partial charge in [0.05, 0.1) is 23.1 Å². The van der Waals surface area contributed by atoms with Gasteiger partial charge in [0.1, 0.15) is 5.58 Å². The molecule has 0 aliphatic rings. The van der Waals surface area contributed by atoms with Gasteiger partial charge in [0.25, 0.3) is 5.91 Å². The molecule has 1 amide bonds. The highest BCUT2D eigenvalue weighted by Crippen LogP contribution is 2.18. The monoisotopic (exact) mass is 347 g/mol. The van der Waals surface area contributed by atoms with E-state index in [1.165, 1.54) is 6.07 Å². The zero-order chi connectivity index (χ0) is 18.1. The van der Waals surface area contributed by atoms with E-state index in [9.17, 15) is 9.59 Å². The van der Waals surface area contributed by atoms with Crippen molar-refractivity contribution in [2.75, 3.05) is 0 Å². The fraction of sp³-hybridized carbons (Fsp3) is 0.150. The fourth-order valence-electron chi connectivity index (χ4n) is 3.03. The maximum Gasteiger partial charge on any atom is 0.287 e. The minimum absolute atomic E-state index is 0.00655. The molecule has 2 aromatic carbocycles. The molecule has 0 unspecified atom stereocenters. The lowest BCUT2D eigenvalue weighted by Crippen LogP contribution is -2.24. The Morgan fingerprint density at radius 1 is 1.12 bits per heavy atom. The Hall–Kier alpha value is -3.41. The lowest BCUT2D eigenvalue weighted by atomic mass is 10.2. The summed E-state index contributed by atoms with van der Waals surface area (Å²) in [6.45, 7) is 3.02. The highest BCUT2D eigenvalue weighted by Gasteiger charge is 2.14. The number of amides is 1. The van der Waals surface area contributed by atoms with Crippen LogP contribution in [0.5, 0.6) is 0 Å². The summed E-state index contributed by atoms with van der Waals surface area (Å²) in [6, 6.07) is 16.0. The van der Waals surface area contributed by atoms with Crippen molar-refractivity contribution < 1.29 is 9.21 Å². The molecule has 6 nitrogen and oxygen atoms in total. The molecule has 2 heterocycles. The molecule has 6 heteroatoms. The van der Waals surface area contributed by atoms with E-state index in [0.29, 0.717) is 11.0 Å². The van der Waals surface area contributed by atoms with Crippen molar-refractivity contribution in [1.29, 1.82) is 0 Å². The Morgan fingerprint density at radius 3 is 2.65 bits per heavy atom. The van der Waals surface area contributed by atoms with Crippen LogP contribution < -0.4 is 10.7 Å². The van der Waals surface area contributed by atoms with Crippen LogP contribution in [0.3, 0.4) is 0 Å². The highest BCUT2D eigenvalue weighted by molar-refractivity contribution is 5.93. The number of rotatable bonds is 4. The molecule has 0 saturated carbocycles. The molecule has 0 bridgehead atoms. The summed E-state index contributed by atoms with van der Waals surface area (Å²) in [4.78, 5) is 24.6. The van der Waals surface area contributed by atoms with Crippen molar-refractivity contribution >= 4 is 27.8 Å². The van der Waals surface area contributed by atoms with Gasteiger partial charge < -0.3 is 9.73 Å². The molecule has 1 N–H and O–H groups in total. The third kappa shape index (κ3) is 2.75. The van der Waals surface area contributed by atoms with E-state index in [0.717, 1.165) is 23.1 Å². The number of carbonyl (C=O) groups is 1. The fourth-order valence-corrected chi connectivity index (χ4v) is 3.03. The first-order valence-electron chi connectivity index (χ1n) is 8.43. The van der Waals surface area contributed by atoms with Crippen molar-refractivity contribution in [3.8, 4) is 0 Å². The van der Waals surface area contributed by atoms with Gasteiger partial charge in [0, 0.05) is 18.0 Å². The zero-order valence-electron chi connectivity index (χ0n) is 14.2. The number of hydrogen-bond acceptors (Lipinski definition) is 4. The third-order valence-corrected chi connectivity index (χ3v) is 4.31. The molecule has 130 valence electrons. The summed E-state index contributed by atoms with van der Waals surface area (Å²) in [6.07, 6.45) is 0. The Kier molecular flexibility index (Phi) is 4.01. The van der Waals surface area contributed by atoms with E-state index in [1.807, 2.05) is 35.9 Å². The second-order valence-corrected chi connectivity index (χ2v) is 5.93. The second kappa shape index (κ2) is 6.48. The lowest BCUT2D eigenvalue weighted by Gasteiger charge is -2.04. The Labute approximate surface area is 149 Å². The van der Waals surface area contributed by atoms with Crippen LogP contribution in [0.15, 0.2) is 63.8 Å². The zero-order valence-corrected chi connectivity index (χ0v) is 14.2. The van der Waals surface area contributed by atoms with Gasteiger partial charge in [-0.05, 0) is 25.1 Å². The average molecular weight is 347 g/mol. The molecule has 0 fully saturated rings. The van der Waals surface area contributed by atoms with Gasteiger partial charge in [-0.1, -0.05) is 30.3 Å². The third-order valence-electron chi connectivity index (χ3n) is 4.31. The van der Waals surface area contributed by atoms with Crippen molar-refractivity contribution in [2.45, 2.75) is 20.0 Å². The Balaban J connectivity index is 1.61. The molecule has 2 aromatic heterocycles. The summed E-state index contributed by atoms with van der Waals surface area (Å²) < 4.78 is 7.46.